The van der Waals surface area contributed by atoms with Crippen molar-refractivity contribution < 1.29 is 9.18 Å². The molecule has 2 rings (SSSR count). The number of nitrogens with one attached hydrogen (secondary N) is 1. The number of amides is 1. The van der Waals surface area contributed by atoms with E-state index in [1.54, 1.807) is 24.3 Å². The zero-order valence-electron chi connectivity index (χ0n) is 8.85. The van der Waals surface area contributed by atoms with E-state index in [1.807, 2.05) is 0 Å². The van der Waals surface area contributed by atoms with Crippen LogP contribution in [0.25, 0.3) is 0 Å². The zero-order chi connectivity index (χ0) is 12.3. The molecule has 2 aromatic rings. The molecule has 0 aliphatic heterocycles. The van der Waals surface area contributed by atoms with Gasteiger partial charge in [-0.25, -0.2) is 9.37 Å². The Morgan fingerprint density at radius 1 is 1.24 bits per heavy atom. The maximum atomic E-state index is 13.4. The van der Waals surface area contributed by atoms with Crippen molar-refractivity contribution in [1.29, 1.82) is 0 Å². The van der Waals surface area contributed by atoms with Gasteiger partial charge in [0, 0.05) is 6.20 Å². The SMILES string of the molecule is NC(=O)c1cccnc1Nc1ccccc1F. The van der Waals surface area contributed by atoms with Gasteiger partial charge >= 0.3 is 0 Å². The molecular weight excluding hydrogens is 221 g/mol. The number of nitrogens with two attached hydrogens (primary N) is 1. The molecule has 0 bridgehead atoms. The van der Waals surface area contributed by atoms with Crippen LogP contribution >= 0.6 is 0 Å². The van der Waals surface area contributed by atoms with E-state index >= 15 is 0 Å². The average molecular weight is 231 g/mol. The molecule has 0 aliphatic carbocycles. The number of carbonyl (C=O) groups excluding carboxylic acids is 1. The number of aromatic nitrogens is 1. The van der Waals surface area contributed by atoms with Gasteiger partial charge in [-0.3, -0.25) is 4.79 Å². The summed E-state index contributed by atoms with van der Waals surface area (Å²) < 4.78 is 13.4. The standard InChI is InChI=1S/C12H10FN3O/c13-9-5-1-2-6-10(9)16-12-8(11(14)17)4-3-7-15-12/h1-7H,(H2,14,17)(H,15,16). The average Bonchev–Trinajstić information content (AvgIpc) is 2.32. The van der Waals surface area contributed by atoms with Crippen LogP contribution in [0, 0.1) is 5.82 Å². The Balaban J connectivity index is 2.37. The maximum absolute atomic E-state index is 13.4. The minimum atomic E-state index is -0.614. The summed E-state index contributed by atoms with van der Waals surface area (Å²) in [4.78, 5) is 15.1. The van der Waals surface area contributed by atoms with Crippen LogP contribution in [0.4, 0.5) is 15.9 Å². The van der Waals surface area contributed by atoms with E-state index in [0.717, 1.165) is 0 Å². The topological polar surface area (TPSA) is 68.0 Å². The first kappa shape index (κ1) is 11.1. The largest absolute Gasteiger partial charge is 0.365 e. The van der Waals surface area contributed by atoms with E-state index in [1.165, 1.54) is 18.3 Å². The Bertz CT molecular complexity index is 557. The summed E-state index contributed by atoms with van der Waals surface area (Å²) in [6, 6.07) is 9.24. The van der Waals surface area contributed by atoms with Crippen molar-refractivity contribution in [2.75, 3.05) is 5.32 Å². The predicted octanol–water partition coefficient (Wildman–Crippen LogP) is 2.06. The maximum Gasteiger partial charge on any atom is 0.252 e. The van der Waals surface area contributed by atoms with Crippen LogP contribution in [-0.2, 0) is 0 Å². The highest BCUT2D eigenvalue weighted by molar-refractivity contribution is 5.98. The molecule has 3 N–H and O–H groups in total. The Morgan fingerprint density at radius 2 is 2.00 bits per heavy atom. The lowest BCUT2D eigenvalue weighted by molar-refractivity contribution is 0.100. The first-order chi connectivity index (χ1) is 8.18. The van der Waals surface area contributed by atoms with Crippen molar-refractivity contribution in [2.24, 2.45) is 5.73 Å². The molecule has 4 nitrogen and oxygen atoms in total. The summed E-state index contributed by atoms with van der Waals surface area (Å²) in [5.41, 5.74) is 5.66. The fourth-order valence-corrected chi connectivity index (χ4v) is 1.39. The number of para-hydroxylation sites is 1. The Hall–Kier alpha value is -2.43. The molecule has 1 aromatic heterocycles. The van der Waals surface area contributed by atoms with Crippen molar-refractivity contribution in [3.05, 3.63) is 54.0 Å². The van der Waals surface area contributed by atoms with Crippen molar-refractivity contribution in [1.82, 2.24) is 4.98 Å². The number of hydrogen-bond acceptors (Lipinski definition) is 3. The minimum Gasteiger partial charge on any atom is -0.365 e. The van der Waals surface area contributed by atoms with Gasteiger partial charge in [0.2, 0.25) is 0 Å². The molecule has 1 amide bonds. The van der Waals surface area contributed by atoms with Gasteiger partial charge in [-0.1, -0.05) is 12.1 Å². The lowest BCUT2D eigenvalue weighted by Crippen LogP contribution is -2.14. The third kappa shape index (κ3) is 2.39. The van der Waals surface area contributed by atoms with Gasteiger partial charge in [0.1, 0.15) is 11.6 Å². The zero-order valence-corrected chi connectivity index (χ0v) is 8.85. The number of nitrogens with zero attached hydrogens (tertiary/aromatic N) is 1. The van der Waals surface area contributed by atoms with Gasteiger partial charge in [0.05, 0.1) is 11.3 Å². The summed E-state index contributed by atoms with van der Waals surface area (Å²) in [5, 5.41) is 2.74. The number of carbonyl (C=O) groups is 1. The second-order valence-corrected chi connectivity index (χ2v) is 3.37. The lowest BCUT2D eigenvalue weighted by Gasteiger charge is -2.09. The number of rotatable bonds is 3. The number of benzene rings is 1. The third-order valence-electron chi connectivity index (χ3n) is 2.20. The van der Waals surface area contributed by atoms with Crippen molar-refractivity contribution in [3.63, 3.8) is 0 Å². The van der Waals surface area contributed by atoms with Gasteiger partial charge in [0.15, 0.2) is 0 Å². The van der Waals surface area contributed by atoms with Crippen LogP contribution in [0.5, 0.6) is 0 Å². The molecule has 0 spiro atoms. The van der Waals surface area contributed by atoms with Gasteiger partial charge < -0.3 is 11.1 Å². The van der Waals surface area contributed by atoms with Crippen molar-refractivity contribution in [2.45, 2.75) is 0 Å². The molecule has 1 heterocycles. The highest BCUT2D eigenvalue weighted by Crippen LogP contribution is 2.20. The molecule has 17 heavy (non-hydrogen) atoms. The molecule has 0 aliphatic rings. The fourth-order valence-electron chi connectivity index (χ4n) is 1.39. The summed E-state index contributed by atoms with van der Waals surface area (Å²) in [5.74, 6) is -0.796. The molecule has 0 unspecified atom stereocenters. The predicted molar refractivity (Wildman–Crippen MR) is 62.4 cm³/mol. The van der Waals surface area contributed by atoms with Crippen LogP contribution in [0.3, 0.4) is 0 Å². The van der Waals surface area contributed by atoms with Crippen LogP contribution in [0.15, 0.2) is 42.6 Å². The van der Waals surface area contributed by atoms with E-state index in [2.05, 4.69) is 10.3 Å². The summed E-state index contributed by atoms with van der Waals surface area (Å²) >= 11 is 0. The molecule has 0 fully saturated rings. The Kier molecular flexibility index (Phi) is 3.00. The van der Waals surface area contributed by atoms with Crippen LogP contribution in [0.2, 0.25) is 0 Å². The normalized spacial score (nSPS) is 9.94. The van der Waals surface area contributed by atoms with Crippen LogP contribution in [0.1, 0.15) is 10.4 Å². The highest BCUT2D eigenvalue weighted by Gasteiger charge is 2.10. The van der Waals surface area contributed by atoms with Crippen LogP contribution < -0.4 is 11.1 Å². The Labute approximate surface area is 97.3 Å². The molecule has 1 aromatic carbocycles. The number of hydrogen-bond donors (Lipinski definition) is 2. The smallest absolute Gasteiger partial charge is 0.252 e. The van der Waals surface area contributed by atoms with Gasteiger partial charge in [-0.05, 0) is 24.3 Å². The van der Waals surface area contributed by atoms with Gasteiger partial charge in [-0.15, -0.1) is 0 Å². The van der Waals surface area contributed by atoms with Crippen molar-refractivity contribution in [3.8, 4) is 0 Å². The molecular formula is C12H10FN3O. The third-order valence-corrected chi connectivity index (χ3v) is 2.20. The second-order valence-electron chi connectivity index (χ2n) is 3.37. The molecule has 0 atom stereocenters. The first-order valence-electron chi connectivity index (χ1n) is 4.95. The van der Waals surface area contributed by atoms with Gasteiger partial charge in [0.25, 0.3) is 5.91 Å². The second kappa shape index (κ2) is 4.61. The van der Waals surface area contributed by atoms with E-state index in [4.69, 9.17) is 5.73 Å². The quantitative estimate of drug-likeness (QED) is 0.849. The number of primary amides is 1. The monoisotopic (exact) mass is 231 g/mol. The first-order valence-corrected chi connectivity index (χ1v) is 4.95. The highest BCUT2D eigenvalue weighted by atomic mass is 19.1. The summed E-state index contributed by atoms with van der Waals surface area (Å²) in [7, 11) is 0. The summed E-state index contributed by atoms with van der Waals surface area (Å²) in [6.07, 6.45) is 1.50. The van der Waals surface area contributed by atoms with Crippen molar-refractivity contribution >= 4 is 17.4 Å². The fraction of sp³-hybridized carbons (Fsp3) is 0. The molecule has 86 valence electrons. The number of pyridine rings is 1. The van der Waals surface area contributed by atoms with Gasteiger partial charge in [-0.2, -0.15) is 0 Å². The van der Waals surface area contributed by atoms with E-state index < -0.39 is 11.7 Å². The van der Waals surface area contributed by atoms with E-state index in [0.29, 0.717) is 0 Å². The van der Waals surface area contributed by atoms with Crippen LogP contribution in [-0.4, -0.2) is 10.9 Å². The number of halogens is 1. The lowest BCUT2D eigenvalue weighted by atomic mass is 10.2. The van der Waals surface area contributed by atoms with E-state index in [9.17, 15) is 9.18 Å². The molecule has 0 saturated carbocycles. The summed E-state index contributed by atoms with van der Waals surface area (Å²) in [6.45, 7) is 0. The molecule has 0 saturated heterocycles. The minimum absolute atomic E-state index is 0.218. The number of anilines is 2. The molecule has 0 radical (unpaired) electrons. The molecule has 5 heteroatoms. The van der Waals surface area contributed by atoms with E-state index in [-0.39, 0.29) is 17.1 Å². The Morgan fingerprint density at radius 3 is 2.71 bits per heavy atom.